The van der Waals surface area contributed by atoms with E-state index in [1.807, 2.05) is 31.2 Å². The van der Waals surface area contributed by atoms with Crippen LogP contribution in [0, 0.1) is 13.8 Å². The number of H-pyrrole nitrogens is 1. The summed E-state index contributed by atoms with van der Waals surface area (Å²) in [7, 11) is 0. The van der Waals surface area contributed by atoms with Crippen molar-refractivity contribution >= 4 is 16.9 Å². The van der Waals surface area contributed by atoms with Crippen molar-refractivity contribution in [3.63, 3.8) is 0 Å². The molecule has 96 valence electrons. The smallest absolute Gasteiger partial charge is 0.341 e. The summed E-state index contributed by atoms with van der Waals surface area (Å²) in [5.74, 6) is -0.724. The fraction of sp³-hybridized carbons (Fsp3) is 0.143. The zero-order chi connectivity index (χ0) is 13.6. The lowest BCUT2D eigenvalue weighted by Crippen LogP contribution is -1.99. The number of aromatic nitrogens is 2. The molecule has 0 atom stereocenters. The Hall–Kier alpha value is -2.56. The van der Waals surface area contributed by atoms with Gasteiger partial charge in [0.2, 0.25) is 0 Å². The average molecular weight is 256 g/mol. The molecule has 0 fully saturated rings. The van der Waals surface area contributed by atoms with E-state index in [0.29, 0.717) is 11.5 Å². The first-order valence-electron chi connectivity index (χ1n) is 5.87. The summed E-state index contributed by atoms with van der Waals surface area (Å²) >= 11 is 0. The van der Waals surface area contributed by atoms with Crippen molar-refractivity contribution < 1.29 is 14.4 Å². The third kappa shape index (κ3) is 1.62. The predicted molar refractivity (Wildman–Crippen MR) is 70.2 cm³/mol. The van der Waals surface area contributed by atoms with Crippen LogP contribution in [0.15, 0.2) is 28.8 Å². The number of aromatic carboxylic acids is 1. The second kappa shape index (κ2) is 3.98. The van der Waals surface area contributed by atoms with Crippen LogP contribution in [0.4, 0.5) is 0 Å². The summed E-state index contributed by atoms with van der Waals surface area (Å²) in [5, 5.41) is 14.0. The molecule has 5 nitrogen and oxygen atoms in total. The molecule has 0 unspecified atom stereocenters. The number of rotatable bonds is 2. The van der Waals surface area contributed by atoms with Gasteiger partial charge in [-0.15, -0.1) is 0 Å². The van der Waals surface area contributed by atoms with Gasteiger partial charge in [0.15, 0.2) is 5.76 Å². The first kappa shape index (κ1) is 11.5. The number of aromatic amines is 1. The lowest BCUT2D eigenvalue weighted by atomic mass is 10.0. The van der Waals surface area contributed by atoms with Gasteiger partial charge in [-0.3, -0.25) is 0 Å². The van der Waals surface area contributed by atoms with Gasteiger partial charge in [0.1, 0.15) is 5.56 Å². The van der Waals surface area contributed by atoms with Crippen LogP contribution in [0.5, 0.6) is 0 Å². The molecule has 19 heavy (non-hydrogen) atoms. The monoisotopic (exact) mass is 256 g/mol. The minimum Gasteiger partial charge on any atom is -0.477 e. The molecular formula is C14H12N2O3. The van der Waals surface area contributed by atoms with Gasteiger partial charge in [-0.25, -0.2) is 4.79 Å². The Morgan fingerprint density at radius 2 is 2.05 bits per heavy atom. The highest BCUT2D eigenvalue weighted by Crippen LogP contribution is 2.35. The number of nitrogens with zero attached hydrogens (tertiary/aromatic N) is 1. The SMILES string of the molecule is Cc1noc(-c2c(C)[nH]c3ccccc23)c1C(=O)O. The largest absolute Gasteiger partial charge is 0.477 e. The van der Waals surface area contributed by atoms with Gasteiger partial charge in [-0.1, -0.05) is 23.4 Å². The van der Waals surface area contributed by atoms with Gasteiger partial charge < -0.3 is 14.6 Å². The summed E-state index contributed by atoms with van der Waals surface area (Å²) in [6.07, 6.45) is 0. The van der Waals surface area contributed by atoms with Crippen molar-refractivity contribution in [2.24, 2.45) is 0 Å². The predicted octanol–water partition coefficient (Wildman–Crippen LogP) is 3.14. The topological polar surface area (TPSA) is 79.1 Å². The maximum atomic E-state index is 11.3. The van der Waals surface area contributed by atoms with E-state index in [-0.39, 0.29) is 5.56 Å². The molecule has 0 radical (unpaired) electrons. The second-order valence-electron chi connectivity index (χ2n) is 4.45. The molecule has 0 amide bonds. The highest BCUT2D eigenvalue weighted by Gasteiger charge is 2.24. The van der Waals surface area contributed by atoms with Gasteiger partial charge in [0, 0.05) is 22.2 Å². The molecule has 0 spiro atoms. The Morgan fingerprint density at radius 1 is 1.32 bits per heavy atom. The van der Waals surface area contributed by atoms with E-state index in [0.717, 1.165) is 22.2 Å². The molecule has 1 aromatic carbocycles. The van der Waals surface area contributed by atoms with Crippen LogP contribution in [-0.2, 0) is 0 Å². The van der Waals surface area contributed by atoms with Gasteiger partial charge in [0.05, 0.1) is 5.69 Å². The van der Waals surface area contributed by atoms with E-state index in [1.165, 1.54) is 0 Å². The zero-order valence-electron chi connectivity index (χ0n) is 10.5. The fourth-order valence-corrected chi connectivity index (χ4v) is 2.36. The number of aryl methyl sites for hydroxylation is 2. The maximum Gasteiger partial charge on any atom is 0.341 e. The molecular weight excluding hydrogens is 244 g/mol. The Balaban J connectivity index is 2.37. The number of hydrogen-bond donors (Lipinski definition) is 2. The molecule has 3 aromatic rings. The first-order chi connectivity index (χ1) is 9.09. The molecule has 0 aliphatic heterocycles. The van der Waals surface area contributed by atoms with Crippen molar-refractivity contribution in [3.05, 3.63) is 41.2 Å². The van der Waals surface area contributed by atoms with Crippen molar-refractivity contribution in [2.75, 3.05) is 0 Å². The Morgan fingerprint density at radius 3 is 2.79 bits per heavy atom. The number of para-hydroxylation sites is 1. The highest BCUT2D eigenvalue weighted by molar-refractivity contribution is 6.03. The van der Waals surface area contributed by atoms with Crippen LogP contribution in [0.25, 0.3) is 22.2 Å². The molecule has 2 aromatic heterocycles. The van der Waals surface area contributed by atoms with Crippen LogP contribution in [0.2, 0.25) is 0 Å². The van der Waals surface area contributed by atoms with E-state index in [2.05, 4.69) is 10.1 Å². The van der Waals surface area contributed by atoms with E-state index < -0.39 is 5.97 Å². The Kier molecular flexibility index (Phi) is 2.41. The maximum absolute atomic E-state index is 11.3. The molecule has 0 bridgehead atoms. The van der Waals surface area contributed by atoms with Crippen LogP contribution < -0.4 is 0 Å². The first-order valence-corrected chi connectivity index (χ1v) is 5.87. The summed E-state index contributed by atoms with van der Waals surface area (Å²) in [6.45, 7) is 3.51. The molecule has 0 aliphatic rings. The standard InChI is InChI=1S/C14H12N2O3/c1-7-11(9-5-3-4-6-10(9)15-7)13-12(14(17)18)8(2)16-19-13/h3-6,15H,1-2H3,(H,17,18). The Labute approximate surface area is 108 Å². The molecule has 0 saturated carbocycles. The number of carboxylic acid groups (broad SMARTS) is 1. The molecule has 2 N–H and O–H groups in total. The van der Waals surface area contributed by atoms with Crippen LogP contribution in [0.1, 0.15) is 21.7 Å². The lowest BCUT2D eigenvalue weighted by Gasteiger charge is -1.98. The number of carboxylic acids is 1. The van der Waals surface area contributed by atoms with Gasteiger partial charge in [-0.2, -0.15) is 0 Å². The second-order valence-corrected chi connectivity index (χ2v) is 4.45. The van der Waals surface area contributed by atoms with Crippen LogP contribution >= 0.6 is 0 Å². The van der Waals surface area contributed by atoms with E-state index >= 15 is 0 Å². The average Bonchev–Trinajstić information content (AvgIpc) is 2.88. The summed E-state index contributed by atoms with van der Waals surface area (Å²) in [6, 6.07) is 7.70. The molecule has 0 aliphatic carbocycles. The number of fused-ring (bicyclic) bond motifs is 1. The number of carbonyl (C=O) groups is 1. The number of hydrogen-bond acceptors (Lipinski definition) is 3. The van der Waals surface area contributed by atoms with Gasteiger partial charge >= 0.3 is 5.97 Å². The van der Waals surface area contributed by atoms with E-state index in [4.69, 9.17) is 4.52 Å². The van der Waals surface area contributed by atoms with Crippen molar-refractivity contribution in [1.29, 1.82) is 0 Å². The Bertz CT molecular complexity index is 783. The molecule has 3 rings (SSSR count). The quantitative estimate of drug-likeness (QED) is 0.738. The van der Waals surface area contributed by atoms with Crippen molar-refractivity contribution in [2.45, 2.75) is 13.8 Å². The third-order valence-electron chi connectivity index (χ3n) is 3.20. The van der Waals surface area contributed by atoms with Crippen LogP contribution in [-0.4, -0.2) is 21.2 Å². The molecule has 0 saturated heterocycles. The fourth-order valence-electron chi connectivity index (χ4n) is 2.36. The number of benzene rings is 1. The van der Waals surface area contributed by atoms with E-state index in [1.54, 1.807) is 6.92 Å². The highest BCUT2D eigenvalue weighted by atomic mass is 16.5. The van der Waals surface area contributed by atoms with Gasteiger partial charge in [-0.05, 0) is 19.9 Å². The molecule has 5 heteroatoms. The summed E-state index contributed by atoms with van der Waals surface area (Å²) in [4.78, 5) is 14.6. The van der Waals surface area contributed by atoms with E-state index in [9.17, 15) is 9.90 Å². The summed E-state index contributed by atoms with van der Waals surface area (Å²) in [5.41, 5.74) is 3.06. The van der Waals surface area contributed by atoms with Crippen molar-refractivity contribution in [3.8, 4) is 11.3 Å². The van der Waals surface area contributed by atoms with Crippen LogP contribution in [0.3, 0.4) is 0 Å². The van der Waals surface area contributed by atoms with Crippen molar-refractivity contribution in [1.82, 2.24) is 10.1 Å². The third-order valence-corrected chi connectivity index (χ3v) is 3.20. The molecule has 2 heterocycles. The minimum atomic E-state index is -1.03. The lowest BCUT2D eigenvalue weighted by molar-refractivity contribution is 0.0696. The normalized spacial score (nSPS) is 11.1. The minimum absolute atomic E-state index is 0.118. The van der Waals surface area contributed by atoms with Gasteiger partial charge in [0.25, 0.3) is 0 Å². The zero-order valence-corrected chi connectivity index (χ0v) is 10.5. The summed E-state index contributed by atoms with van der Waals surface area (Å²) < 4.78 is 5.24. The number of nitrogens with one attached hydrogen (secondary N) is 1.